The third-order valence-electron chi connectivity index (χ3n) is 3.94. The number of carbonyl (C=O) groups is 3. The third kappa shape index (κ3) is 3.51. The standard InChI is InChI=1S/C19H18N2O5/c1-12-18(23)21(15-8-3-4-9-16(15)26-12)11-17(22)20-14-7-5-6-13(10-14)19(24)25-2/h3-10,12H,11H2,1-2H3,(H,20,22)/t12-/m0/s1. The summed E-state index contributed by atoms with van der Waals surface area (Å²) in [7, 11) is 1.29. The van der Waals surface area contributed by atoms with Crippen LogP contribution in [0.15, 0.2) is 48.5 Å². The lowest BCUT2D eigenvalue weighted by Gasteiger charge is -2.32. The lowest BCUT2D eigenvalue weighted by Crippen LogP contribution is -2.47. The summed E-state index contributed by atoms with van der Waals surface area (Å²) < 4.78 is 10.2. The van der Waals surface area contributed by atoms with Crippen LogP contribution < -0.4 is 15.0 Å². The highest BCUT2D eigenvalue weighted by Crippen LogP contribution is 2.33. The van der Waals surface area contributed by atoms with Gasteiger partial charge in [-0.2, -0.15) is 0 Å². The molecule has 134 valence electrons. The number of para-hydroxylation sites is 2. The predicted molar refractivity (Wildman–Crippen MR) is 95.3 cm³/mol. The Bertz CT molecular complexity index is 865. The van der Waals surface area contributed by atoms with Gasteiger partial charge in [0.25, 0.3) is 5.91 Å². The van der Waals surface area contributed by atoms with Gasteiger partial charge in [-0.25, -0.2) is 4.79 Å². The van der Waals surface area contributed by atoms with E-state index in [4.69, 9.17) is 4.74 Å². The van der Waals surface area contributed by atoms with Crippen LogP contribution in [0.1, 0.15) is 17.3 Å². The maximum absolute atomic E-state index is 12.4. The van der Waals surface area contributed by atoms with Gasteiger partial charge in [0, 0.05) is 5.69 Å². The van der Waals surface area contributed by atoms with Gasteiger partial charge < -0.3 is 14.8 Å². The Morgan fingerprint density at radius 2 is 1.96 bits per heavy atom. The van der Waals surface area contributed by atoms with E-state index in [-0.39, 0.29) is 18.4 Å². The summed E-state index contributed by atoms with van der Waals surface area (Å²) in [5.41, 5.74) is 1.32. The van der Waals surface area contributed by atoms with E-state index in [0.717, 1.165) is 0 Å². The van der Waals surface area contributed by atoms with E-state index in [1.165, 1.54) is 18.1 Å². The number of esters is 1. The minimum atomic E-state index is -0.666. The molecule has 1 N–H and O–H groups in total. The quantitative estimate of drug-likeness (QED) is 0.851. The van der Waals surface area contributed by atoms with Crippen LogP contribution in [0.4, 0.5) is 11.4 Å². The van der Waals surface area contributed by atoms with Crippen molar-refractivity contribution in [1.82, 2.24) is 0 Å². The van der Waals surface area contributed by atoms with E-state index >= 15 is 0 Å². The normalized spacial score (nSPS) is 15.7. The van der Waals surface area contributed by atoms with Crippen molar-refractivity contribution < 1.29 is 23.9 Å². The van der Waals surface area contributed by atoms with E-state index in [1.54, 1.807) is 49.4 Å². The molecular formula is C19H18N2O5. The molecule has 2 amide bonds. The molecule has 1 heterocycles. The van der Waals surface area contributed by atoms with Gasteiger partial charge in [0.05, 0.1) is 18.4 Å². The predicted octanol–water partition coefficient (Wildman–Crippen LogP) is 2.23. The number of carbonyl (C=O) groups excluding carboxylic acids is 3. The first-order valence-corrected chi connectivity index (χ1v) is 8.05. The average molecular weight is 354 g/mol. The van der Waals surface area contributed by atoms with Gasteiger partial charge in [-0.05, 0) is 37.3 Å². The molecule has 1 aliphatic rings. The van der Waals surface area contributed by atoms with Crippen LogP contribution in [0.5, 0.6) is 5.75 Å². The summed E-state index contributed by atoms with van der Waals surface area (Å²) in [5.74, 6) is -0.612. The zero-order valence-electron chi connectivity index (χ0n) is 14.4. The molecule has 0 saturated heterocycles. The molecule has 26 heavy (non-hydrogen) atoms. The Kier molecular flexibility index (Phi) is 4.88. The molecule has 7 heteroatoms. The Hall–Kier alpha value is -3.35. The van der Waals surface area contributed by atoms with Gasteiger partial charge in [-0.3, -0.25) is 14.5 Å². The minimum absolute atomic E-state index is 0.161. The maximum atomic E-state index is 12.4. The Morgan fingerprint density at radius 3 is 2.73 bits per heavy atom. The van der Waals surface area contributed by atoms with Crippen molar-refractivity contribution >= 4 is 29.2 Å². The van der Waals surface area contributed by atoms with Crippen molar-refractivity contribution in [2.45, 2.75) is 13.0 Å². The Labute approximate surface area is 150 Å². The number of hydrogen-bond donors (Lipinski definition) is 1. The average Bonchev–Trinajstić information content (AvgIpc) is 2.65. The van der Waals surface area contributed by atoms with Crippen molar-refractivity contribution in [3.63, 3.8) is 0 Å². The van der Waals surface area contributed by atoms with Gasteiger partial charge in [0.15, 0.2) is 6.10 Å². The van der Waals surface area contributed by atoms with Gasteiger partial charge >= 0.3 is 5.97 Å². The topological polar surface area (TPSA) is 84.9 Å². The van der Waals surface area contributed by atoms with Crippen molar-refractivity contribution in [3.05, 3.63) is 54.1 Å². The van der Waals surface area contributed by atoms with Crippen LogP contribution in [0, 0.1) is 0 Å². The SMILES string of the molecule is COC(=O)c1cccc(NC(=O)CN2C(=O)[C@H](C)Oc3ccccc32)c1. The molecule has 3 rings (SSSR count). The first-order valence-electron chi connectivity index (χ1n) is 8.05. The number of anilines is 2. The monoisotopic (exact) mass is 354 g/mol. The molecular weight excluding hydrogens is 336 g/mol. The fourth-order valence-electron chi connectivity index (χ4n) is 2.71. The number of nitrogens with zero attached hydrogens (tertiary/aromatic N) is 1. The molecule has 0 aromatic heterocycles. The van der Waals surface area contributed by atoms with Gasteiger partial charge in [0.2, 0.25) is 5.91 Å². The molecule has 0 saturated carbocycles. The largest absolute Gasteiger partial charge is 0.479 e. The highest BCUT2D eigenvalue weighted by Gasteiger charge is 2.32. The van der Waals surface area contributed by atoms with Crippen molar-refractivity contribution in [1.29, 1.82) is 0 Å². The molecule has 0 aliphatic carbocycles. The number of benzene rings is 2. The number of hydrogen-bond acceptors (Lipinski definition) is 5. The number of ether oxygens (including phenoxy) is 2. The molecule has 2 aromatic rings. The second-order valence-corrected chi connectivity index (χ2v) is 5.77. The molecule has 2 aromatic carbocycles. The minimum Gasteiger partial charge on any atom is -0.479 e. The third-order valence-corrected chi connectivity index (χ3v) is 3.94. The van der Waals surface area contributed by atoms with E-state index in [1.807, 2.05) is 0 Å². The summed E-state index contributed by atoms with van der Waals surface area (Å²) in [6.45, 7) is 1.48. The number of amides is 2. The van der Waals surface area contributed by atoms with Gasteiger partial charge in [0.1, 0.15) is 12.3 Å². The molecule has 1 atom stereocenters. The lowest BCUT2D eigenvalue weighted by atomic mass is 10.2. The molecule has 0 fully saturated rings. The number of nitrogens with one attached hydrogen (secondary N) is 1. The summed E-state index contributed by atoms with van der Waals surface area (Å²) >= 11 is 0. The van der Waals surface area contributed by atoms with Crippen molar-refractivity contribution in [2.24, 2.45) is 0 Å². The molecule has 0 unspecified atom stereocenters. The highest BCUT2D eigenvalue weighted by atomic mass is 16.5. The molecule has 0 spiro atoms. The fourth-order valence-corrected chi connectivity index (χ4v) is 2.71. The highest BCUT2D eigenvalue weighted by molar-refractivity contribution is 6.06. The second kappa shape index (κ2) is 7.26. The van der Waals surface area contributed by atoms with Crippen LogP contribution in [0.2, 0.25) is 0 Å². The summed E-state index contributed by atoms with van der Waals surface area (Å²) in [6.07, 6.45) is -0.666. The van der Waals surface area contributed by atoms with Crippen LogP contribution in [-0.4, -0.2) is 37.5 Å². The maximum Gasteiger partial charge on any atom is 0.337 e. The first-order chi connectivity index (χ1) is 12.5. The van der Waals surface area contributed by atoms with Gasteiger partial charge in [-0.1, -0.05) is 18.2 Å². The van der Waals surface area contributed by atoms with Crippen LogP contribution in [0.3, 0.4) is 0 Å². The van der Waals surface area contributed by atoms with Crippen LogP contribution in [-0.2, 0) is 14.3 Å². The van der Waals surface area contributed by atoms with Crippen molar-refractivity contribution in [3.8, 4) is 5.75 Å². The zero-order chi connectivity index (χ0) is 18.7. The smallest absolute Gasteiger partial charge is 0.337 e. The lowest BCUT2D eigenvalue weighted by molar-refractivity contribution is -0.127. The second-order valence-electron chi connectivity index (χ2n) is 5.77. The summed E-state index contributed by atoms with van der Waals surface area (Å²) in [4.78, 5) is 37.8. The number of methoxy groups -OCH3 is 1. The fraction of sp³-hybridized carbons (Fsp3) is 0.211. The number of fused-ring (bicyclic) bond motifs is 1. The molecule has 1 aliphatic heterocycles. The van der Waals surface area contributed by atoms with E-state index in [2.05, 4.69) is 10.1 Å². The van der Waals surface area contributed by atoms with Crippen LogP contribution in [0.25, 0.3) is 0 Å². The first kappa shape index (κ1) is 17.5. The Balaban J connectivity index is 1.76. The van der Waals surface area contributed by atoms with Gasteiger partial charge in [-0.15, -0.1) is 0 Å². The van der Waals surface area contributed by atoms with Crippen molar-refractivity contribution in [2.75, 3.05) is 23.9 Å². The zero-order valence-corrected chi connectivity index (χ0v) is 14.4. The Morgan fingerprint density at radius 1 is 1.19 bits per heavy atom. The summed E-state index contributed by atoms with van der Waals surface area (Å²) in [6, 6.07) is 13.5. The van der Waals surface area contributed by atoms with Crippen LogP contribution >= 0.6 is 0 Å². The van der Waals surface area contributed by atoms with E-state index in [0.29, 0.717) is 22.7 Å². The van der Waals surface area contributed by atoms with E-state index in [9.17, 15) is 14.4 Å². The molecule has 0 radical (unpaired) electrons. The molecule has 7 nitrogen and oxygen atoms in total. The molecule has 0 bridgehead atoms. The van der Waals surface area contributed by atoms with E-state index < -0.39 is 12.1 Å². The summed E-state index contributed by atoms with van der Waals surface area (Å²) in [5, 5.41) is 2.69. The number of rotatable bonds is 4.